The first-order valence-corrected chi connectivity index (χ1v) is 5.57. The zero-order valence-corrected chi connectivity index (χ0v) is 9.23. The fourth-order valence-electron chi connectivity index (χ4n) is 1.91. The number of hydrogen-bond acceptors (Lipinski definition) is 3. The Balaban J connectivity index is 1.95. The number of nitrogens with zero attached hydrogens (tertiary/aromatic N) is 1. The standard InChI is InChI=1S/C13H14N2O/c1-9-4-2-3-5-11(9)12-8-15-13(16-12)10-6-14-7-10/h2-5,8,10,14H,6-7H2,1H3. The van der Waals surface area contributed by atoms with Gasteiger partial charge < -0.3 is 9.73 Å². The summed E-state index contributed by atoms with van der Waals surface area (Å²) in [6.45, 7) is 4.05. The molecule has 1 aromatic heterocycles. The number of rotatable bonds is 2. The highest BCUT2D eigenvalue weighted by Crippen LogP contribution is 2.27. The fraction of sp³-hybridized carbons (Fsp3) is 0.308. The topological polar surface area (TPSA) is 38.1 Å². The van der Waals surface area contributed by atoms with Crippen molar-refractivity contribution in [3.8, 4) is 11.3 Å². The molecule has 3 rings (SSSR count). The van der Waals surface area contributed by atoms with Gasteiger partial charge in [0.05, 0.1) is 12.1 Å². The van der Waals surface area contributed by atoms with E-state index in [0.717, 1.165) is 30.3 Å². The minimum absolute atomic E-state index is 0.456. The normalized spacial score (nSPS) is 16.1. The lowest BCUT2D eigenvalue weighted by atomic mass is 10.0. The Morgan fingerprint density at radius 3 is 2.81 bits per heavy atom. The van der Waals surface area contributed by atoms with E-state index in [-0.39, 0.29) is 0 Å². The van der Waals surface area contributed by atoms with E-state index in [2.05, 4.69) is 29.4 Å². The van der Waals surface area contributed by atoms with Crippen molar-refractivity contribution in [1.82, 2.24) is 10.3 Å². The molecule has 1 aliphatic heterocycles. The summed E-state index contributed by atoms with van der Waals surface area (Å²) < 4.78 is 5.80. The third-order valence-corrected chi connectivity index (χ3v) is 3.06. The Labute approximate surface area is 94.5 Å². The lowest BCUT2D eigenvalue weighted by molar-refractivity contribution is 0.361. The van der Waals surface area contributed by atoms with Gasteiger partial charge in [-0.25, -0.2) is 4.98 Å². The molecule has 3 heteroatoms. The fourth-order valence-corrected chi connectivity index (χ4v) is 1.91. The van der Waals surface area contributed by atoms with Crippen LogP contribution >= 0.6 is 0 Å². The maximum Gasteiger partial charge on any atom is 0.200 e. The van der Waals surface area contributed by atoms with Crippen molar-refractivity contribution in [2.75, 3.05) is 13.1 Å². The lowest BCUT2D eigenvalue weighted by Gasteiger charge is -2.23. The van der Waals surface area contributed by atoms with Crippen molar-refractivity contribution in [1.29, 1.82) is 0 Å². The van der Waals surface area contributed by atoms with Crippen LogP contribution in [0, 0.1) is 6.92 Å². The molecule has 1 aromatic carbocycles. The summed E-state index contributed by atoms with van der Waals surface area (Å²) in [6.07, 6.45) is 1.83. The molecule has 16 heavy (non-hydrogen) atoms. The molecule has 0 amide bonds. The van der Waals surface area contributed by atoms with Gasteiger partial charge in [0.1, 0.15) is 0 Å². The van der Waals surface area contributed by atoms with E-state index in [9.17, 15) is 0 Å². The zero-order chi connectivity index (χ0) is 11.0. The van der Waals surface area contributed by atoms with Crippen LogP contribution in [0.2, 0.25) is 0 Å². The van der Waals surface area contributed by atoms with Crippen LogP contribution in [0.15, 0.2) is 34.9 Å². The number of hydrogen-bond donors (Lipinski definition) is 1. The van der Waals surface area contributed by atoms with E-state index in [1.165, 1.54) is 5.56 Å². The smallest absolute Gasteiger partial charge is 0.200 e. The Bertz CT molecular complexity index is 500. The highest BCUT2D eigenvalue weighted by molar-refractivity contribution is 5.60. The zero-order valence-electron chi connectivity index (χ0n) is 9.23. The van der Waals surface area contributed by atoms with E-state index in [4.69, 9.17) is 4.42 Å². The molecule has 82 valence electrons. The largest absolute Gasteiger partial charge is 0.440 e. The number of benzene rings is 1. The molecular formula is C13H14N2O. The molecule has 2 heterocycles. The van der Waals surface area contributed by atoms with Gasteiger partial charge in [0.25, 0.3) is 0 Å². The Morgan fingerprint density at radius 2 is 2.12 bits per heavy atom. The quantitative estimate of drug-likeness (QED) is 0.833. The number of aryl methyl sites for hydroxylation is 1. The molecule has 0 saturated carbocycles. The van der Waals surface area contributed by atoms with E-state index < -0.39 is 0 Å². The van der Waals surface area contributed by atoms with Crippen LogP contribution in [0.1, 0.15) is 17.4 Å². The van der Waals surface area contributed by atoms with Crippen LogP contribution in [0.25, 0.3) is 11.3 Å². The summed E-state index contributed by atoms with van der Waals surface area (Å²) in [5, 5.41) is 3.22. The average Bonchev–Trinajstić information content (AvgIpc) is 2.65. The van der Waals surface area contributed by atoms with Gasteiger partial charge in [-0.15, -0.1) is 0 Å². The van der Waals surface area contributed by atoms with Crippen LogP contribution in [0.5, 0.6) is 0 Å². The van der Waals surface area contributed by atoms with Crippen LogP contribution in [0.3, 0.4) is 0 Å². The second-order valence-electron chi connectivity index (χ2n) is 4.23. The lowest BCUT2D eigenvalue weighted by Crippen LogP contribution is -2.40. The third kappa shape index (κ3) is 1.53. The van der Waals surface area contributed by atoms with Crippen molar-refractivity contribution >= 4 is 0 Å². The first kappa shape index (κ1) is 9.60. The molecule has 2 aromatic rings. The first-order chi connectivity index (χ1) is 7.84. The summed E-state index contributed by atoms with van der Waals surface area (Å²) in [7, 11) is 0. The molecule has 1 N–H and O–H groups in total. The first-order valence-electron chi connectivity index (χ1n) is 5.57. The molecular weight excluding hydrogens is 200 g/mol. The molecule has 3 nitrogen and oxygen atoms in total. The predicted octanol–water partition coefficient (Wildman–Crippen LogP) is 2.34. The van der Waals surface area contributed by atoms with Gasteiger partial charge in [0, 0.05) is 18.7 Å². The molecule has 0 radical (unpaired) electrons. The molecule has 1 saturated heterocycles. The third-order valence-electron chi connectivity index (χ3n) is 3.06. The minimum Gasteiger partial charge on any atom is -0.440 e. The van der Waals surface area contributed by atoms with E-state index in [0.29, 0.717) is 5.92 Å². The molecule has 1 fully saturated rings. The number of nitrogens with one attached hydrogen (secondary N) is 1. The van der Waals surface area contributed by atoms with Gasteiger partial charge in [-0.05, 0) is 12.5 Å². The van der Waals surface area contributed by atoms with Crippen LogP contribution < -0.4 is 5.32 Å². The summed E-state index contributed by atoms with van der Waals surface area (Å²) in [5.41, 5.74) is 2.35. The number of aromatic nitrogens is 1. The van der Waals surface area contributed by atoms with Gasteiger partial charge in [-0.1, -0.05) is 24.3 Å². The molecule has 0 bridgehead atoms. The van der Waals surface area contributed by atoms with Crippen LogP contribution in [-0.4, -0.2) is 18.1 Å². The predicted molar refractivity (Wildman–Crippen MR) is 62.3 cm³/mol. The molecule has 0 spiro atoms. The van der Waals surface area contributed by atoms with Crippen molar-refractivity contribution < 1.29 is 4.42 Å². The average molecular weight is 214 g/mol. The molecule has 1 aliphatic rings. The van der Waals surface area contributed by atoms with E-state index in [1.54, 1.807) is 0 Å². The molecule has 0 atom stereocenters. The summed E-state index contributed by atoms with van der Waals surface area (Å²) in [5.74, 6) is 2.19. The minimum atomic E-state index is 0.456. The summed E-state index contributed by atoms with van der Waals surface area (Å²) >= 11 is 0. The summed E-state index contributed by atoms with van der Waals surface area (Å²) in [6, 6.07) is 8.21. The van der Waals surface area contributed by atoms with Crippen molar-refractivity contribution in [3.63, 3.8) is 0 Å². The highest BCUT2D eigenvalue weighted by atomic mass is 16.4. The SMILES string of the molecule is Cc1ccccc1-c1cnc(C2CNC2)o1. The van der Waals surface area contributed by atoms with Gasteiger partial charge in [0.2, 0.25) is 5.89 Å². The Hall–Kier alpha value is -1.61. The van der Waals surface area contributed by atoms with Gasteiger partial charge in [-0.2, -0.15) is 0 Å². The van der Waals surface area contributed by atoms with E-state index in [1.807, 2.05) is 18.3 Å². The van der Waals surface area contributed by atoms with Crippen LogP contribution in [-0.2, 0) is 0 Å². The van der Waals surface area contributed by atoms with E-state index >= 15 is 0 Å². The second-order valence-corrected chi connectivity index (χ2v) is 4.23. The van der Waals surface area contributed by atoms with Gasteiger partial charge in [-0.3, -0.25) is 0 Å². The maximum absolute atomic E-state index is 5.80. The van der Waals surface area contributed by atoms with Crippen molar-refractivity contribution in [2.45, 2.75) is 12.8 Å². The molecule has 0 unspecified atom stereocenters. The second kappa shape index (κ2) is 3.76. The Kier molecular flexibility index (Phi) is 2.26. The summed E-state index contributed by atoms with van der Waals surface area (Å²) in [4.78, 5) is 4.35. The molecule has 0 aliphatic carbocycles. The van der Waals surface area contributed by atoms with Crippen LogP contribution in [0.4, 0.5) is 0 Å². The Morgan fingerprint density at radius 1 is 1.31 bits per heavy atom. The van der Waals surface area contributed by atoms with Gasteiger partial charge in [0.15, 0.2) is 5.76 Å². The highest BCUT2D eigenvalue weighted by Gasteiger charge is 2.24. The van der Waals surface area contributed by atoms with Gasteiger partial charge >= 0.3 is 0 Å². The monoisotopic (exact) mass is 214 g/mol. The maximum atomic E-state index is 5.80. The number of oxazole rings is 1. The van der Waals surface area contributed by atoms with Crippen molar-refractivity contribution in [2.24, 2.45) is 0 Å². The van der Waals surface area contributed by atoms with Crippen molar-refractivity contribution in [3.05, 3.63) is 41.9 Å².